The number of carbonyl (C=O) groups is 1. The molecule has 3 aromatic rings. The number of hydrogen-bond donors (Lipinski definition) is 1. The molecule has 7 heteroatoms. The maximum absolute atomic E-state index is 11.9. The summed E-state index contributed by atoms with van der Waals surface area (Å²) in [5.74, 6) is 1.30. The second-order valence-corrected chi connectivity index (χ2v) is 6.68. The summed E-state index contributed by atoms with van der Waals surface area (Å²) in [7, 11) is 0. The molecule has 1 aromatic heterocycles. The molecule has 0 aliphatic rings. The highest BCUT2D eigenvalue weighted by atomic mass is 35.5. The maximum Gasteiger partial charge on any atom is 0.257 e. The molecule has 5 nitrogen and oxygen atoms in total. The molecule has 26 heavy (non-hydrogen) atoms. The fourth-order valence-electron chi connectivity index (χ4n) is 2.71. The second-order valence-electron chi connectivity index (χ2n) is 5.87. The van der Waals surface area contributed by atoms with Gasteiger partial charge in [-0.2, -0.15) is 0 Å². The molecule has 0 unspecified atom stereocenters. The minimum Gasteiger partial charge on any atom is -0.484 e. The molecule has 0 aliphatic heterocycles. The van der Waals surface area contributed by atoms with Crippen LogP contribution in [-0.4, -0.2) is 28.6 Å². The highest BCUT2D eigenvalue weighted by molar-refractivity contribution is 6.42. The topological polar surface area (TPSA) is 56.2 Å². The number of fused-ring (bicyclic) bond motifs is 1. The summed E-state index contributed by atoms with van der Waals surface area (Å²) in [6.45, 7) is 3.28. The number of nitrogens with one attached hydrogen (secondary N) is 1. The molecule has 136 valence electrons. The van der Waals surface area contributed by atoms with Gasteiger partial charge in [0.15, 0.2) is 6.61 Å². The Balaban J connectivity index is 1.43. The van der Waals surface area contributed by atoms with E-state index in [4.69, 9.17) is 27.9 Å². The summed E-state index contributed by atoms with van der Waals surface area (Å²) < 4.78 is 7.57. The van der Waals surface area contributed by atoms with E-state index in [0.29, 0.717) is 22.3 Å². The Labute approximate surface area is 161 Å². The lowest BCUT2D eigenvalue weighted by molar-refractivity contribution is -0.123. The predicted molar refractivity (Wildman–Crippen MR) is 104 cm³/mol. The van der Waals surface area contributed by atoms with Crippen molar-refractivity contribution in [2.24, 2.45) is 0 Å². The van der Waals surface area contributed by atoms with Crippen LogP contribution in [-0.2, 0) is 11.3 Å². The minimum absolute atomic E-state index is 0.0645. The van der Waals surface area contributed by atoms with Gasteiger partial charge in [-0.3, -0.25) is 4.79 Å². The number of nitrogens with zero attached hydrogens (tertiary/aromatic N) is 2. The van der Waals surface area contributed by atoms with Gasteiger partial charge in [0.1, 0.15) is 11.6 Å². The van der Waals surface area contributed by atoms with Crippen molar-refractivity contribution in [3.05, 3.63) is 58.3 Å². The SMILES string of the molecule is Cc1nc2ccccc2n1CCCNC(=O)COc1ccc(Cl)c(Cl)c1. The quantitative estimate of drug-likeness (QED) is 0.612. The highest BCUT2D eigenvalue weighted by Gasteiger charge is 2.07. The normalized spacial score (nSPS) is 10.9. The number of halogens is 2. The molecular formula is C19H19Cl2N3O2. The van der Waals surface area contributed by atoms with Crippen LogP contribution in [0.15, 0.2) is 42.5 Å². The van der Waals surface area contributed by atoms with Crippen molar-refractivity contribution < 1.29 is 9.53 Å². The van der Waals surface area contributed by atoms with Crippen molar-refractivity contribution in [3.63, 3.8) is 0 Å². The maximum atomic E-state index is 11.9. The summed E-state index contributed by atoms with van der Waals surface area (Å²) in [6, 6.07) is 12.9. The number of carbonyl (C=O) groups excluding carboxylic acids is 1. The van der Waals surface area contributed by atoms with Crippen LogP contribution in [0.2, 0.25) is 10.0 Å². The van der Waals surface area contributed by atoms with Gasteiger partial charge in [0.2, 0.25) is 0 Å². The third-order valence-corrected chi connectivity index (χ3v) is 4.73. The van der Waals surface area contributed by atoms with E-state index in [0.717, 1.165) is 29.8 Å². The smallest absolute Gasteiger partial charge is 0.257 e. The average Bonchev–Trinajstić information content (AvgIpc) is 2.95. The van der Waals surface area contributed by atoms with E-state index in [2.05, 4.69) is 20.9 Å². The Morgan fingerprint density at radius 1 is 1.19 bits per heavy atom. The van der Waals surface area contributed by atoms with Crippen LogP contribution >= 0.6 is 23.2 Å². The third kappa shape index (κ3) is 4.48. The van der Waals surface area contributed by atoms with Gasteiger partial charge in [-0.15, -0.1) is 0 Å². The summed E-state index contributed by atoms with van der Waals surface area (Å²) in [5.41, 5.74) is 2.10. The summed E-state index contributed by atoms with van der Waals surface area (Å²) in [5, 5.41) is 3.70. The van der Waals surface area contributed by atoms with Gasteiger partial charge in [-0.05, 0) is 37.6 Å². The standard InChI is InChI=1S/C19H19Cl2N3O2/c1-13-23-17-5-2-3-6-18(17)24(13)10-4-9-22-19(25)12-26-14-7-8-15(20)16(21)11-14/h2-3,5-8,11H,4,9-10,12H2,1H3,(H,22,25). The Hall–Kier alpha value is -2.24. The fourth-order valence-corrected chi connectivity index (χ4v) is 3.00. The van der Waals surface area contributed by atoms with Crippen molar-refractivity contribution in [1.29, 1.82) is 0 Å². The fraction of sp³-hybridized carbons (Fsp3) is 0.263. The van der Waals surface area contributed by atoms with Crippen molar-refractivity contribution in [3.8, 4) is 5.75 Å². The molecule has 1 heterocycles. The van der Waals surface area contributed by atoms with Crippen molar-refractivity contribution in [1.82, 2.24) is 14.9 Å². The molecular weight excluding hydrogens is 373 g/mol. The van der Waals surface area contributed by atoms with Crippen LogP contribution in [0.1, 0.15) is 12.2 Å². The van der Waals surface area contributed by atoms with E-state index in [1.165, 1.54) is 0 Å². The average molecular weight is 392 g/mol. The molecule has 0 spiro atoms. The molecule has 1 amide bonds. The zero-order valence-corrected chi connectivity index (χ0v) is 15.8. The van der Waals surface area contributed by atoms with Crippen LogP contribution in [0.25, 0.3) is 11.0 Å². The van der Waals surface area contributed by atoms with E-state index >= 15 is 0 Å². The highest BCUT2D eigenvalue weighted by Crippen LogP contribution is 2.26. The zero-order chi connectivity index (χ0) is 18.5. The Morgan fingerprint density at radius 2 is 2.00 bits per heavy atom. The van der Waals surface area contributed by atoms with Gasteiger partial charge in [-0.1, -0.05) is 35.3 Å². The van der Waals surface area contributed by atoms with Gasteiger partial charge in [0, 0.05) is 19.2 Å². The molecule has 0 aliphatic carbocycles. The Kier molecular flexibility index (Phi) is 6.01. The van der Waals surface area contributed by atoms with Gasteiger partial charge in [0.25, 0.3) is 5.91 Å². The largest absolute Gasteiger partial charge is 0.484 e. The van der Waals surface area contributed by atoms with E-state index in [1.807, 2.05) is 25.1 Å². The van der Waals surface area contributed by atoms with Crippen molar-refractivity contribution >= 4 is 40.1 Å². The Bertz CT molecular complexity index is 924. The number of benzene rings is 2. The lowest BCUT2D eigenvalue weighted by Crippen LogP contribution is -2.30. The number of amides is 1. The molecule has 0 bridgehead atoms. The number of para-hydroxylation sites is 2. The number of imidazole rings is 1. The Morgan fingerprint density at radius 3 is 2.81 bits per heavy atom. The van der Waals surface area contributed by atoms with Gasteiger partial charge in [0.05, 0.1) is 21.1 Å². The molecule has 3 rings (SSSR count). The van der Waals surface area contributed by atoms with E-state index < -0.39 is 0 Å². The summed E-state index contributed by atoms with van der Waals surface area (Å²) in [4.78, 5) is 16.4. The zero-order valence-electron chi connectivity index (χ0n) is 14.3. The first-order chi connectivity index (χ1) is 12.5. The lowest BCUT2D eigenvalue weighted by atomic mass is 10.3. The van der Waals surface area contributed by atoms with Gasteiger partial charge in [-0.25, -0.2) is 4.98 Å². The first-order valence-electron chi connectivity index (χ1n) is 8.31. The molecule has 0 atom stereocenters. The van der Waals surface area contributed by atoms with Crippen LogP contribution in [0.5, 0.6) is 5.75 Å². The van der Waals surface area contributed by atoms with Crippen LogP contribution in [0.3, 0.4) is 0 Å². The monoisotopic (exact) mass is 391 g/mol. The summed E-state index contributed by atoms with van der Waals surface area (Å²) in [6.07, 6.45) is 0.805. The van der Waals surface area contributed by atoms with Crippen LogP contribution in [0.4, 0.5) is 0 Å². The molecule has 1 N–H and O–H groups in total. The number of aromatic nitrogens is 2. The van der Waals surface area contributed by atoms with Gasteiger partial charge >= 0.3 is 0 Å². The van der Waals surface area contributed by atoms with Gasteiger partial charge < -0.3 is 14.6 Å². The summed E-state index contributed by atoms with van der Waals surface area (Å²) >= 11 is 11.8. The second kappa shape index (κ2) is 8.43. The van der Waals surface area contributed by atoms with E-state index in [1.54, 1.807) is 18.2 Å². The molecule has 0 fully saturated rings. The van der Waals surface area contributed by atoms with E-state index in [9.17, 15) is 4.79 Å². The lowest BCUT2D eigenvalue weighted by Gasteiger charge is -2.09. The molecule has 0 radical (unpaired) electrons. The van der Waals surface area contributed by atoms with Crippen molar-refractivity contribution in [2.75, 3.05) is 13.2 Å². The van der Waals surface area contributed by atoms with E-state index in [-0.39, 0.29) is 12.5 Å². The number of hydrogen-bond acceptors (Lipinski definition) is 3. The first-order valence-corrected chi connectivity index (χ1v) is 9.06. The van der Waals surface area contributed by atoms with Crippen LogP contribution < -0.4 is 10.1 Å². The van der Waals surface area contributed by atoms with Crippen LogP contribution in [0, 0.1) is 6.92 Å². The van der Waals surface area contributed by atoms with Crippen molar-refractivity contribution in [2.45, 2.75) is 19.9 Å². The predicted octanol–water partition coefficient (Wildman–Crippen LogP) is 4.24. The first kappa shape index (κ1) is 18.5. The third-order valence-electron chi connectivity index (χ3n) is 3.99. The number of aryl methyl sites for hydroxylation is 2. The molecule has 2 aromatic carbocycles. The minimum atomic E-state index is -0.178. The number of ether oxygens (including phenoxy) is 1. The molecule has 0 saturated heterocycles. The number of rotatable bonds is 7. The molecule has 0 saturated carbocycles.